The number of hydrogen-bond donors (Lipinski definition) is 2. The number of hydrogen-bond acceptors (Lipinski definition) is 5. The average molecular weight is 290 g/mol. The van der Waals surface area contributed by atoms with E-state index in [0.29, 0.717) is 5.56 Å². The summed E-state index contributed by atoms with van der Waals surface area (Å²) in [7, 11) is 0. The molecule has 0 aliphatic carbocycles. The summed E-state index contributed by atoms with van der Waals surface area (Å²) in [6.07, 6.45) is 1.45. The zero-order valence-corrected chi connectivity index (χ0v) is 10.7. The minimum Gasteiger partial charge on any atom is -0.480 e. The lowest BCUT2D eigenvalue weighted by Crippen LogP contribution is -2.17. The van der Waals surface area contributed by atoms with Gasteiger partial charge in [-0.2, -0.15) is 0 Å². The Morgan fingerprint density at radius 3 is 2.86 bits per heavy atom. The molecule has 1 aromatic carbocycles. The largest absolute Gasteiger partial charge is 0.480 e. The number of aromatic nitrogens is 1. The molecule has 7 nitrogen and oxygen atoms in total. The maximum Gasteiger partial charge on any atom is 0.314 e. The van der Waals surface area contributed by atoms with Gasteiger partial charge in [0.05, 0.1) is 4.92 Å². The lowest BCUT2D eigenvalue weighted by molar-refractivity contribution is -0.386. The van der Waals surface area contributed by atoms with E-state index < -0.39 is 22.2 Å². The molecule has 0 unspecified atom stereocenters. The lowest BCUT2D eigenvalue weighted by atomic mass is 10.2. The van der Waals surface area contributed by atoms with E-state index in [1.165, 1.54) is 12.3 Å². The second kappa shape index (κ2) is 5.95. The van der Waals surface area contributed by atoms with Gasteiger partial charge < -0.3 is 10.5 Å². The van der Waals surface area contributed by atoms with Crippen LogP contribution in [0.25, 0.3) is 0 Å². The summed E-state index contributed by atoms with van der Waals surface area (Å²) in [5.74, 6) is -1.56. The zero-order chi connectivity index (χ0) is 15.4. The van der Waals surface area contributed by atoms with Crippen molar-refractivity contribution in [3.8, 4) is 5.75 Å². The smallest absolute Gasteiger partial charge is 0.314 e. The fourth-order valence-electron chi connectivity index (χ4n) is 1.73. The van der Waals surface area contributed by atoms with Crippen molar-refractivity contribution in [3.63, 3.8) is 0 Å². The number of ether oxygens (including phenoxy) is 1. The highest BCUT2D eigenvalue weighted by atomic mass is 19.1. The predicted octanol–water partition coefficient (Wildman–Crippen LogP) is 1.99. The number of nitrogens with one attached hydrogen (secondary N) is 1. The monoisotopic (exact) mass is 290 g/mol. The molecule has 0 atom stereocenters. The molecule has 1 heterocycles. The van der Waals surface area contributed by atoms with Crippen LogP contribution in [0.15, 0.2) is 36.5 Å². The van der Waals surface area contributed by atoms with Gasteiger partial charge in [-0.1, -0.05) is 12.1 Å². The van der Waals surface area contributed by atoms with E-state index in [2.05, 4.69) is 4.98 Å². The molecule has 0 saturated heterocycles. The molecule has 0 radical (unpaired) electrons. The van der Waals surface area contributed by atoms with E-state index in [1.807, 2.05) is 0 Å². The third-order valence-corrected chi connectivity index (χ3v) is 2.66. The van der Waals surface area contributed by atoms with Crippen molar-refractivity contribution < 1.29 is 14.1 Å². The number of nitrogens with zero attached hydrogens (tertiary/aromatic N) is 2. The fourth-order valence-corrected chi connectivity index (χ4v) is 1.73. The van der Waals surface area contributed by atoms with Gasteiger partial charge in [0.2, 0.25) is 5.75 Å². The third kappa shape index (κ3) is 3.11. The van der Waals surface area contributed by atoms with E-state index in [9.17, 15) is 14.5 Å². The van der Waals surface area contributed by atoms with E-state index in [0.717, 1.165) is 12.1 Å². The molecule has 0 saturated carbocycles. The maximum atomic E-state index is 13.7. The topological polar surface area (TPSA) is 115 Å². The Bertz CT molecular complexity index is 706. The summed E-state index contributed by atoms with van der Waals surface area (Å²) in [6, 6.07) is 6.63. The number of para-hydroxylation sites is 1. The molecule has 0 spiro atoms. The molecular formula is C13H11FN4O3. The highest BCUT2D eigenvalue weighted by molar-refractivity contribution is 5.94. The van der Waals surface area contributed by atoms with Crippen LogP contribution in [0.2, 0.25) is 0 Å². The molecule has 0 fully saturated rings. The summed E-state index contributed by atoms with van der Waals surface area (Å²) < 4.78 is 18.9. The van der Waals surface area contributed by atoms with Crippen LogP contribution < -0.4 is 10.5 Å². The standard InChI is InChI=1S/C13H11FN4O3/c14-9-4-1-5-10(18(19)20)12(9)21-7-8-3-2-6-17-11(8)13(15)16/h1-6H,7H2,(H3,15,16). The van der Waals surface area contributed by atoms with Crippen molar-refractivity contribution in [1.29, 1.82) is 5.41 Å². The Morgan fingerprint density at radius 2 is 2.19 bits per heavy atom. The van der Waals surface area contributed by atoms with Crippen LogP contribution >= 0.6 is 0 Å². The molecule has 0 aliphatic heterocycles. The van der Waals surface area contributed by atoms with Crippen LogP contribution in [-0.2, 0) is 6.61 Å². The van der Waals surface area contributed by atoms with Crippen molar-refractivity contribution in [3.05, 3.63) is 63.7 Å². The van der Waals surface area contributed by atoms with Gasteiger partial charge in [0.1, 0.15) is 18.1 Å². The number of pyridine rings is 1. The molecule has 2 rings (SSSR count). The van der Waals surface area contributed by atoms with E-state index in [-0.39, 0.29) is 18.1 Å². The molecule has 2 aromatic rings. The van der Waals surface area contributed by atoms with E-state index in [1.54, 1.807) is 12.1 Å². The average Bonchev–Trinajstić information content (AvgIpc) is 2.45. The first-order valence-corrected chi connectivity index (χ1v) is 5.84. The number of nitro benzene ring substituents is 1. The van der Waals surface area contributed by atoms with Crippen molar-refractivity contribution in [2.24, 2.45) is 5.73 Å². The van der Waals surface area contributed by atoms with Gasteiger partial charge in [-0.25, -0.2) is 4.39 Å². The number of benzene rings is 1. The molecule has 21 heavy (non-hydrogen) atoms. The number of halogens is 1. The fraction of sp³-hybridized carbons (Fsp3) is 0.0769. The summed E-state index contributed by atoms with van der Waals surface area (Å²) in [5.41, 5.74) is 5.53. The minimum absolute atomic E-state index is 0.190. The number of nitro groups is 1. The Balaban J connectivity index is 2.29. The van der Waals surface area contributed by atoms with Gasteiger partial charge in [-0.15, -0.1) is 0 Å². The second-order valence-electron chi connectivity index (χ2n) is 4.06. The summed E-state index contributed by atoms with van der Waals surface area (Å²) >= 11 is 0. The third-order valence-electron chi connectivity index (χ3n) is 2.66. The molecule has 0 aliphatic rings. The molecule has 3 N–H and O–H groups in total. The summed E-state index contributed by atoms with van der Waals surface area (Å²) in [5, 5.41) is 18.2. The van der Waals surface area contributed by atoms with Crippen molar-refractivity contribution in [2.45, 2.75) is 6.61 Å². The van der Waals surface area contributed by atoms with E-state index in [4.69, 9.17) is 15.9 Å². The van der Waals surface area contributed by atoms with Gasteiger partial charge >= 0.3 is 5.69 Å². The second-order valence-corrected chi connectivity index (χ2v) is 4.06. The first-order valence-electron chi connectivity index (χ1n) is 5.84. The first kappa shape index (κ1) is 14.4. The zero-order valence-electron chi connectivity index (χ0n) is 10.7. The highest BCUT2D eigenvalue weighted by Crippen LogP contribution is 2.30. The molecule has 8 heteroatoms. The summed E-state index contributed by atoms with van der Waals surface area (Å²) in [6.45, 7) is -0.190. The van der Waals surface area contributed by atoms with Crippen LogP contribution in [0.5, 0.6) is 5.75 Å². The van der Waals surface area contributed by atoms with Crippen molar-refractivity contribution in [2.75, 3.05) is 0 Å². The predicted molar refractivity (Wildman–Crippen MR) is 72.6 cm³/mol. The van der Waals surface area contributed by atoms with Crippen LogP contribution in [0.4, 0.5) is 10.1 Å². The Hall–Kier alpha value is -3.03. The molecule has 108 valence electrons. The molecular weight excluding hydrogens is 279 g/mol. The first-order chi connectivity index (χ1) is 10.0. The van der Waals surface area contributed by atoms with Gasteiger partial charge in [0.25, 0.3) is 0 Å². The van der Waals surface area contributed by atoms with Crippen molar-refractivity contribution >= 4 is 11.5 Å². The van der Waals surface area contributed by atoms with Crippen LogP contribution in [0, 0.1) is 21.3 Å². The number of amidine groups is 1. The Kier molecular flexibility index (Phi) is 4.07. The van der Waals surface area contributed by atoms with Crippen LogP contribution in [0.1, 0.15) is 11.3 Å². The maximum absolute atomic E-state index is 13.7. The number of rotatable bonds is 5. The molecule has 0 amide bonds. The Labute approximate surface area is 118 Å². The van der Waals surface area contributed by atoms with Gasteiger partial charge in [0.15, 0.2) is 5.82 Å². The Morgan fingerprint density at radius 1 is 1.43 bits per heavy atom. The molecule has 1 aromatic heterocycles. The SMILES string of the molecule is N=C(N)c1ncccc1COc1c(F)cccc1[N+](=O)[O-]. The van der Waals surface area contributed by atoms with Crippen molar-refractivity contribution in [1.82, 2.24) is 4.98 Å². The van der Waals surface area contributed by atoms with Gasteiger partial charge in [0, 0.05) is 17.8 Å². The lowest BCUT2D eigenvalue weighted by Gasteiger charge is -2.10. The number of nitrogen functional groups attached to an aromatic ring is 1. The normalized spacial score (nSPS) is 10.1. The van der Waals surface area contributed by atoms with E-state index >= 15 is 0 Å². The number of nitrogens with two attached hydrogens (primary N) is 1. The minimum atomic E-state index is -0.836. The van der Waals surface area contributed by atoms with Crippen LogP contribution in [-0.4, -0.2) is 15.7 Å². The summed E-state index contributed by atoms with van der Waals surface area (Å²) in [4.78, 5) is 14.0. The van der Waals surface area contributed by atoms with Gasteiger partial charge in [-0.3, -0.25) is 20.5 Å². The molecule has 0 bridgehead atoms. The van der Waals surface area contributed by atoms with Crippen LogP contribution in [0.3, 0.4) is 0 Å². The highest BCUT2D eigenvalue weighted by Gasteiger charge is 2.20. The quantitative estimate of drug-likeness (QED) is 0.378. The van der Waals surface area contributed by atoms with Gasteiger partial charge in [-0.05, 0) is 12.1 Å².